The number of nitrogens with zero attached hydrogens (tertiary/aromatic N) is 1. The minimum Gasteiger partial charge on any atom is -0.462 e. The molecule has 5 rings (SSSR count). The van der Waals surface area contributed by atoms with Gasteiger partial charge in [-0.2, -0.15) is 0 Å². The maximum Gasteiger partial charge on any atom is 0.269 e. The summed E-state index contributed by atoms with van der Waals surface area (Å²) in [7, 11) is 0. The lowest BCUT2D eigenvalue weighted by atomic mass is 9.98. The lowest BCUT2D eigenvalue weighted by molar-refractivity contribution is -0.384. The molecule has 0 amide bonds. The topological polar surface area (TPSA) is 380 Å². The summed E-state index contributed by atoms with van der Waals surface area (Å²) < 4.78 is 43.7. The Morgan fingerprint density at radius 2 is 0.796 bits per heavy atom. The second kappa shape index (κ2) is 18.3. The fourth-order valence-electron chi connectivity index (χ4n) is 6.09. The highest BCUT2D eigenvalue weighted by atomic mass is 16.8. The largest absolute Gasteiger partial charge is 0.462 e. The van der Waals surface area contributed by atoms with Crippen LogP contribution in [0.5, 0.6) is 5.75 Å². The van der Waals surface area contributed by atoms with Crippen molar-refractivity contribution in [3.8, 4) is 5.75 Å². The molecule has 54 heavy (non-hydrogen) atoms. The smallest absolute Gasteiger partial charge is 0.269 e. The molecule has 4 aliphatic heterocycles. The Kier molecular flexibility index (Phi) is 14.5. The maximum atomic E-state index is 10.9. The van der Waals surface area contributed by atoms with Crippen molar-refractivity contribution in [3.05, 3.63) is 34.4 Å². The van der Waals surface area contributed by atoms with Crippen molar-refractivity contribution < 1.29 is 109 Å². The molecule has 24 nitrogen and oxygen atoms in total. The summed E-state index contributed by atoms with van der Waals surface area (Å²) in [5.74, 6) is 0.000590. The zero-order valence-corrected chi connectivity index (χ0v) is 28.0. The Labute approximate surface area is 304 Å². The highest BCUT2D eigenvalue weighted by Gasteiger charge is 2.50. The van der Waals surface area contributed by atoms with Crippen LogP contribution in [0.3, 0.4) is 0 Å². The van der Waals surface area contributed by atoms with Crippen LogP contribution in [-0.4, -0.2) is 221 Å². The van der Waals surface area contributed by atoms with E-state index in [-0.39, 0.29) is 11.4 Å². The van der Waals surface area contributed by atoms with Crippen molar-refractivity contribution in [2.24, 2.45) is 0 Å². The number of aliphatic hydroxyl groups excluding tert-OH is 13. The molecular weight excluding hydrogens is 742 g/mol. The Bertz CT molecular complexity index is 1340. The van der Waals surface area contributed by atoms with Gasteiger partial charge in [0.05, 0.1) is 31.4 Å². The monoisotopic (exact) mass is 787 g/mol. The van der Waals surface area contributed by atoms with Gasteiger partial charge in [0, 0.05) is 12.1 Å². The van der Waals surface area contributed by atoms with Crippen LogP contribution in [0.2, 0.25) is 0 Å². The fraction of sp³-hybridized carbons (Fsp3) is 0.800. The Hall–Kier alpha value is -2.38. The SMILES string of the molecule is O=[N+]([O-])c1ccc(O[C@@H]2O[C@H](CO[C@@H]3O[C@H](CO[C@@H]4O[C@H](CO[C@@H]5O[C@H](CO)[C@H](O)[C@H](O)[C@H]5O)[C@H](O)[C@H](O)[C@H]4O)[C@H](O)[C@H](O)[C@H]3O)[C@H](O)[C@H](O)[C@H]2O)cc1. The van der Waals surface area contributed by atoms with Crippen LogP contribution in [0.1, 0.15) is 0 Å². The van der Waals surface area contributed by atoms with Crippen LogP contribution in [-0.2, 0) is 33.2 Å². The van der Waals surface area contributed by atoms with Crippen LogP contribution in [0.15, 0.2) is 24.3 Å². The highest BCUT2D eigenvalue weighted by molar-refractivity contribution is 5.36. The van der Waals surface area contributed by atoms with Gasteiger partial charge in [-0.15, -0.1) is 0 Å². The van der Waals surface area contributed by atoms with E-state index in [0.29, 0.717) is 0 Å². The number of benzene rings is 1. The third kappa shape index (κ3) is 9.25. The van der Waals surface area contributed by atoms with E-state index in [2.05, 4.69) is 0 Å². The molecule has 4 fully saturated rings. The average molecular weight is 788 g/mol. The molecule has 13 N–H and O–H groups in total. The predicted octanol–water partition coefficient (Wildman–Crippen LogP) is -7.75. The maximum absolute atomic E-state index is 10.9. The van der Waals surface area contributed by atoms with Crippen molar-refractivity contribution in [3.63, 3.8) is 0 Å². The van der Waals surface area contributed by atoms with Gasteiger partial charge in [0.1, 0.15) is 103 Å². The zero-order valence-electron chi connectivity index (χ0n) is 28.0. The number of aliphatic hydroxyl groups is 13. The van der Waals surface area contributed by atoms with E-state index < -0.39 is 154 Å². The first-order valence-corrected chi connectivity index (χ1v) is 16.7. The molecule has 308 valence electrons. The molecule has 20 atom stereocenters. The Balaban J connectivity index is 1.16. The Morgan fingerprint density at radius 1 is 0.481 bits per heavy atom. The minimum absolute atomic E-state index is 0.000590. The van der Waals surface area contributed by atoms with Crippen LogP contribution in [0.25, 0.3) is 0 Å². The molecule has 24 heteroatoms. The highest BCUT2D eigenvalue weighted by Crippen LogP contribution is 2.30. The molecule has 0 saturated carbocycles. The summed E-state index contributed by atoms with van der Waals surface area (Å²) in [4.78, 5) is 10.3. The molecule has 0 aliphatic carbocycles. The van der Waals surface area contributed by atoms with E-state index in [1.54, 1.807) is 0 Å². The second-order valence-corrected chi connectivity index (χ2v) is 13.1. The number of non-ortho nitro benzene ring substituents is 1. The van der Waals surface area contributed by atoms with Gasteiger partial charge >= 0.3 is 0 Å². The molecular formula is C30H45NO23. The molecule has 0 bridgehead atoms. The summed E-state index contributed by atoms with van der Waals surface area (Å²) in [6.07, 6.45) is -34.5. The van der Waals surface area contributed by atoms with Gasteiger partial charge in [-0.1, -0.05) is 0 Å². The minimum atomic E-state index is -1.93. The van der Waals surface area contributed by atoms with Gasteiger partial charge in [0.15, 0.2) is 18.9 Å². The second-order valence-electron chi connectivity index (χ2n) is 13.1. The molecule has 1 aromatic rings. The molecule has 4 heterocycles. The van der Waals surface area contributed by atoms with E-state index in [9.17, 15) is 76.5 Å². The third-order valence-corrected chi connectivity index (χ3v) is 9.43. The lowest BCUT2D eigenvalue weighted by Gasteiger charge is -2.44. The van der Waals surface area contributed by atoms with Crippen molar-refractivity contribution in [2.45, 2.75) is 123 Å². The van der Waals surface area contributed by atoms with E-state index >= 15 is 0 Å². The standard InChI is InChI=1S/C30H45NO23/c32-5-11-15(33)19(37)23(41)27(51-11)47-6-12-16(34)20(38)24(42)28(52-12)48-7-13-17(35)21(39)25(43)29(53-13)49-8-14-18(36)22(40)26(44)30(54-14)50-10-3-1-9(2-4-10)31(45)46/h1-4,11-30,32-44H,5-8H2/t11-,12-,13-,14-,15+,16+,17+,18+,19+,20+,21+,22+,23-,24-,25-,26-,27-,28-,29-,30-/m1/s1. The van der Waals surface area contributed by atoms with Crippen LogP contribution >= 0.6 is 0 Å². The van der Waals surface area contributed by atoms with Gasteiger partial charge in [-0.05, 0) is 12.1 Å². The Morgan fingerprint density at radius 3 is 1.15 bits per heavy atom. The normalized spacial score (nSPS) is 45.9. The van der Waals surface area contributed by atoms with Gasteiger partial charge < -0.3 is 104 Å². The molecule has 4 saturated heterocycles. The first-order valence-electron chi connectivity index (χ1n) is 16.7. The van der Waals surface area contributed by atoms with E-state index in [0.717, 1.165) is 12.1 Å². The van der Waals surface area contributed by atoms with Gasteiger partial charge in [-0.3, -0.25) is 10.1 Å². The predicted molar refractivity (Wildman–Crippen MR) is 165 cm³/mol. The quantitative estimate of drug-likeness (QED) is 0.0652. The molecule has 0 spiro atoms. The molecule has 1 aromatic carbocycles. The van der Waals surface area contributed by atoms with Gasteiger partial charge in [0.2, 0.25) is 6.29 Å². The summed E-state index contributed by atoms with van der Waals surface area (Å²) in [6, 6.07) is 4.64. The fourth-order valence-corrected chi connectivity index (χ4v) is 6.09. The number of nitro benzene ring substituents is 1. The summed E-state index contributed by atoms with van der Waals surface area (Å²) in [5, 5.41) is 145. The number of rotatable bonds is 13. The van der Waals surface area contributed by atoms with Crippen molar-refractivity contribution in [1.82, 2.24) is 0 Å². The number of hydrogen-bond acceptors (Lipinski definition) is 23. The molecule has 4 aliphatic rings. The number of hydrogen-bond donors (Lipinski definition) is 13. The first-order chi connectivity index (χ1) is 25.5. The molecule has 0 radical (unpaired) electrons. The number of nitro groups is 1. The van der Waals surface area contributed by atoms with E-state index in [4.69, 9.17) is 37.9 Å². The van der Waals surface area contributed by atoms with Crippen LogP contribution in [0.4, 0.5) is 5.69 Å². The summed E-state index contributed by atoms with van der Waals surface area (Å²) >= 11 is 0. The number of ether oxygens (including phenoxy) is 8. The van der Waals surface area contributed by atoms with E-state index in [1.807, 2.05) is 0 Å². The summed E-state index contributed by atoms with van der Waals surface area (Å²) in [6.45, 7) is -2.79. The zero-order chi connectivity index (χ0) is 39.6. The third-order valence-electron chi connectivity index (χ3n) is 9.43. The van der Waals surface area contributed by atoms with Crippen molar-refractivity contribution >= 4 is 5.69 Å². The lowest BCUT2D eigenvalue weighted by Crippen LogP contribution is -2.63. The van der Waals surface area contributed by atoms with Crippen LogP contribution < -0.4 is 4.74 Å². The molecule has 0 unspecified atom stereocenters. The summed E-state index contributed by atoms with van der Waals surface area (Å²) in [5.41, 5.74) is -0.251. The van der Waals surface area contributed by atoms with Gasteiger partial charge in [0.25, 0.3) is 5.69 Å². The first kappa shape index (κ1) is 42.8. The van der Waals surface area contributed by atoms with Crippen molar-refractivity contribution in [1.29, 1.82) is 0 Å². The van der Waals surface area contributed by atoms with Crippen LogP contribution in [0, 0.1) is 10.1 Å². The molecule has 0 aromatic heterocycles. The average Bonchev–Trinajstić information content (AvgIpc) is 3.16. The van der Waals surface area contributed by atoms with Crippen molar-refractivity contribution in [2.75, 3.05) is 26.4 Å². The van der Waals surface area contributed by atoms with Gasteiger partial charge in [-0.25, -0.2) is 0 Å². The van der Waals surface area contributed by atoms with E-state index in [1.165, 1.54) is 12.1 Å².